The Morgan fingerprint density at radius 3 is 2.55 bits per heavy atom. The molecule has 0 aliphatic carbocycles. The molecule has 1 N–H and O–H groups in total. The number of likely N-dealkylation sites (tertiary alicyclic amines) is 1. The molecule has 3 rings (SSSR count). The quantitative estimate of drug-likeness (QED) is 0.919. The lowest BCUT2D eigenvalue weighted by Crippen LogP contribution is -2.34. The second-order valence-electron chi connectivity index (χ2n) is 6.27. The van der Waals surface area contributed by atoms with Crippen LogP contribution in [-0.2, 0) is 13.0 Å². The van der Waals surface area contributed by atoms with Crippen molar-refractivity contribution in [2.45, 2.75) is 32.2 Å². The molecule has 1 fully saturated rings. The predicted octanol–water partition coefficient (Wildman–Crippen LogP) is 3.22. The zero-order chi connectivity index (χ0) is 15.2. The van der Waals surface area contributed by atoms with Gasteiger partial charge in [-0.25, -0.2) is 0 Å². The lowest BCUT2D eigenvalue weighted by atomic mass is 9.90. The highest BCUT2D eigenvalue weighted by Crippen LogP contribution is 2.23. The van der Waals surface area contributed by atoms with E-state index in [1.807, 2.05) is 12.1 Å². The van der Waals surface area contributed by atoms with Crippen LogP contribution in [0.1, 0.15) is 30.4 Å². The third-order valence-electron chi connectivity index (χ3n) is 4.68. The highest BCUT2D eigenvalue weighted by molar-refractivity contribution is 5.14. The topological polar surface area (TPSA) is 36.1 Å². The van der Waals surface area contributed by atoms with E-state index in [9.17, 15) is 4.79 Å². The monoisotopic (exact) mass is 296 g/mol. The SMILES string of the molecule is O=c1[nH]cccc1CN1CCC(CCc2ccccc2)CC1. The third kappa shape index (κ3) is 4.08. The number of nitrogens with one attached hydrogen (secondary N) is 1. The van der Waals surface area contributed by atoms with Crippen molar-refractivity contribution in [3.63, 3.8) is 0 Å². The number of hydrogen-bond donors (Lipinski definition) is 1. The maximum Gasteiger partial charge on any atom is 0.252 e. The van der Waals surface area contributed by atoms with Crippen molar-refractivity contribution < 1.29 is 0 Å². The second kappa shape index (κ2) is 7.41. The Morgan fingerprint density at radius 2 is 1.82 bits per heavy atom. The summed E-state index contributed by atoms with van der Waals surface area (Å²) in [6.45, 7) is 2.99. The van der Waals surface area contributed by atoms with E-state index >= 15 is 0 Å². The summed E-state index contributed by atoms with van der Waals surface area (Å²) in [7, 11) is 0. The van der Waals surface area contributed by atoms with Gasteiger partial charge in [0, 0.05) is 18.3 Å². The number of benzene rings is 1. The summed E-state index contributed by atoms with van der Waals surface area (Å²) >= 11 is 0. The molecule has 3 nitrogen and oxygen atoms in total. The van der Waals surface area contributed by atoms with Gasteiger partial charge in [0.2, 0.25) is 0 Å². The molecule has 1 aromatic carbocycles. The fraction of sp³-hybridized carbons (Fsp3) is 0.421. The largest absolute Gasteiger partial charge is 0.329 e. The first-order valence-corrected chi connectivity index (χ1v) is 8.24. The maximum absolute atomic E-state index is 11.7. The lowest BCUT2D eigenvalue weighted by Gasteiger charge is -2.31. The van der Waals surface area contributed by atoms with Crippen LogP contribution in [0.25, 0.3) is 0 Å². The summed E-state index contributed by atoms with van der Waals surface area (Å²) in [6.07, 6.45) is 6.66. The van der Waals surface area contributed by atoms with Gasteiger partial charge < -0.3 is 4.98 Å². The number of aromatic nitrogens is 1. The molecule has 0 bridgehead atoms. The van der Waals surface area contributed by atoms with Crippen LogP contribution in [0.4, 0.5) is 0 Å². The Labute approximate surface area is 132 Å². The first kappa shape index (κ1) is 15.0. The Bertz CT molecular complexity index is 627. The molecule has 116 valence electrons. The van der Waals surface area contributed by atoms with E-state index in [0.717, 1.165) is 31.1 Å². The smallest absolute Gasteiger partial charge is 0.252 e. The minimum Gasteiger partial charge on any atom is -0.329 e. The Morgan fingerprint density at radius 1 is 1.05 bits per heavy atom. The molecule has 2 aromatic rings. The normalized spacial score (nSPS) is 16.7. The molecular weight excluding hydrogens is 272 g/mol. The van der Waals surface area contributed by atoms with Crippen molar-refractivity contribution >= 4 is 0 Å². The van der Waals surface area contributed by atoms with E-state index in [1.165, 1.54) is 31.2 Å². The first-order chi connectivity index (χ1) is 10.8. The van der Waals surface area contributed by atoms with Crippen molar-refractivity contribution in [2.24, 2.45) is 5.92 Å². The zero-order valence-electron chi connectivity index (χ0n) is 13.0. The summed E-state index contributed by atoms with van der Waals surface area (Å²) in [4.78, 5) is 16.9. The van der Waals surface area contributed by atoms with Gasteiger partial charge in [-0.1, -0.05) is 36.4 Å². The molecule has 1 saturated heterocycles. The van der Waals surface area contributed by atoms with Gasteiger partial charge in [-0.2, -0.15) is 0 Å². The average Bonchev–Trinajstić information content (AvgIpc) is 2.57. The molecule has 22 heavy (non-hydrogen) atoms. The standard InChI is InChI=1S/C19H24N2O/c22-19-18(7-4-12-20-19)15-21-13-10-17(11-14-21)9-8-16-5-2-1-3-6-16/h1-7,12,17H,8-11,13-15H2,(H,20,22). The fourth-order valence-corrected chi connectivity index (χ4v) is 3.27. The molecule has 0 amide bonds. The molecule has 3 heteroatoms. The number of hydrogen-bond acceptors (Lipinski definition) is 2. The van der Waals surface area contributed by atoms with Crippen LogP contribution in [0, 0.1) is 5.92 Å². The summed E-state index contributed by atoms with van der Waals surface area (Å²) in [5, 5.41) is 0. The van der Waals surface area contributed by atoms with Crippen LogP contribution < -0.4 is 5.56 Å². The summed E-state index contributed by atoms with van der Waals surface area (Å²) in [5.74, 6) is 0.825. The molecule has 1 aliphatic rings. The molecule has 0 unspecified atom stereocenters. The molecule has 1 aromatic heterocycles. The first-order valence-electron chi connectivity index (χ1n) is 8.24. The van der Waals surface area contributed by atoms with Gasteiger partial charge in [0.05, 0.1) is 0 Å². The van der Waals surface area contributed by atoms with Crippen LogP contribution in [-0.4, -0.2) is 23.0 Å². The van der Waals surface area contributed by atoms with Crippen molar-refractivity contribution in [1.82, 2.24) is 9.88 Å². The number of piperidine rings is 1. The number of rotatable bonds is 5. The van der Waals surface area contributed by atoms with Crippen LogP contribution in [0.15, 0.2) is 53.5 Å². The van der Waals surface area contributed by atoms with Crippen LogP contribution in [0.3, 0.4) is 0 Å². The fourth-order valence-electron chi connectivity index (χ4n) is 3.27. The van der Waals surface area contributed by atoms with Gasteiger partial charge in [-0.3, -0.25) is 9.69 Å². The van der Waals surface area contributed by atoms with Crippen LogP contribution >= 0.6 is 0 Å². The van der Waals surface area contributed by atoms with Gasteiger partial charge in [0.15, 0.2) is 0 Å². The minimum atomic E-state index is 0.0497. The van der Waals surface area contributed by atoms with Crippen molar-refractivity contribution in [3.05, 3.63) is 70.1 Å². The Kier molecular flexibility index (Phi) is 5.07. The van der Waals surface area contributed by atoms with E-state index in [4.69, 9.17) is 0 Å². The highest BCUT2D eigenvalue weighted by Gasteiger charge is 2.19. The van der Waals surface area contributed by atoms with Crippen LogP contribution in [0.5, 0.6) is 0 Å². The predicted molar refractivity (Wildman–Crippen MR) is 89.8 cm³/mol. The van der Waals surface area contributed by atoms with Crippen LogP contribution in [0.2, 0.25) is 0 Å². The molecule has 0 radical (unpaired) electrons. The zero-order valence-corrected chi connectivity index (χ0v) is 13.0. The third-order valence-corrected chi connectivity index (χ3v) is 4.68. The van der Waals surface area contributed by atoms with Crippen molar-refractivity contribution in [1.29, 1.82) is 0 Å². The number of aryl methyl sites for hydroxylation is 1. The number of H-pyrrole nitrogens is 1. The molecule has 0 atom stereocenters. The average molecular weight is 296 g/mol. The highest BCUT2D eigenvalue weighted by atomic mass is 16.1. The van der Waals surface area contributed by atoms with Gasteiger partial charge in [-0.05, 0) is 56.3 Å². The Balaban J connectivity index is 1.44. The van der Waals surface area contributed by atoms with E-state index in [2.05, 4.69) is 40.2 Å². The molecule has 0 spiro atoms. The summed E-state index contributed by atoms with van der Waals surface area (Å²) < 4.78 is 0. The second-order valence-corrected chi connectivity index (χ2v) is 6.27. The molecule has 2 heterocycles. The lowest BCUT2D eigenvalue weighted by molar-refractivity contribution is 0.172. The summed E-state index contributed by atoms with van der Waals surface area (Å²) in [5.41, 5.74) is 2.37. The molecule has 0 saturated carbocycles. The van der Waals surface area contributed by atoms with E-state index < -0.39 is 0 Å². The van der Waals surface area contributed by atoms with E-state index in [1.54, 1.807) is 6.20 Å². The number of pyridine rings is 1. The van der Waals surface area contributed by atoms with Crippen molar-refractivity contribution in [2.75, 3.05) is 13.1 Å². The van der Waals surface area contributed by atoms with Crippen molar-refractivity contribution in [3.8, 4) is 0 Å². The minimum absolute atomic E-state index is 0.0497. The Hall–Kier alpha value is -1.87. The van der Waals surface area contributed by atoms with E-state index in [-0.39, 0.29) is 5.56 Å². The van der Waals surface area contributed by atoms with Gasteiger partial charge in [0.25, 0.3) is 5.56 Å². The molecular formula is C19H24N2O. The van der Waals surface area contributed by atoms with Gasteiger partial charge in [0.1, 0.15) is 0 Å². The number of nitrogens with zero attached hydrogens (tertiary/aromatic N) is 1. The maximum atomic E-state index is 11.7. The van der Waals surface area contributed by atoms with Gasteiger partial charge >= 0.3 is 0 Å². The molecule has 1 aliphatic heterocycles. The summed E-state index contributed by atoms with van der Waals surface area (Å²) in [6, 6.07) is 14.6. The number of aromatic amines is 1. The van der Waals surface area contributed by atoms with E-state index in [0.29, 0.717) is 0 Å². The van der Waals surface area contributed by atoms with Gasteiger partial charge in [-0.15, -0.1) is 0 Å².